The second-order valence-corrected chi connectivity index (χ2v) is 1.92. The number of esters is 1. The van der Waals surface area contributed by atoms with Gasteiger partial charge in [0.15, 0.2) is 0 Å². The summed E-state index contributed by atoms with van der Waals surface area (Å²) in [5.41, 5.74) is 0. The maximum absolute atomic E-state index is 10.7. The van der Waals surface area contributed by atoms with Gasteiger partial charge in [0.1, 0.15) is 0 Å². The van der Waals surface area contributed by atoms with Gasteiger partial charge < -0.3 is 4.74 Å². The van der Waals surface area contributed by atoms with Gasteiger partial charge in [-0.25, -0.2) is 0 Å². The van der Waals surface area contributed by atoms with E-state index < -0.39 is 0 Å². The first-order valence-corrected chi connectivity index (χ1v) is 3.13. The predicted molar refractivity (Wildman–Crippen MR) is 35.8 cm³/mol. The Bertz CT molecular complexity index is 84.9. The zero-order valence-electron chi connectivity index (χ0n) is 6.02. The lowest BCUT2D eigenvalue weighted by molar-refractivity contribution is -0.145. The van der Waals surface area contributed by atoms with E-state index in [0.29, 0.717) is 6.42 Å². The molecule has 0 saturated carbocycles. The van der Waals surface area contributed by atoms with Gasteiger partial charge in [0.2, 0.25) is 0 Å². The Hall–Kier alpha value is -0.530. The molecule has 53 valence electrons. The summed E-state index contributed by atoms with van der Waals surface area (Å²) in [5, 5.41) is 0. The molecule has 0 saturated heterocycles. The van der Waals surface area contributed by atoms with Gasteiger partial charge in [0.05, 0.1) is 13.0 Å². The zero-order valence-corrected chi connectivity index (χ0v) is 6.02. The molecule has 0 bridgehead atoms. The molecule has 0 aliphatic heterocycles. The first kappa shape index (κ1) is 8.47. The van der Waals surface area contributed by atoms with Crippen molar-refractivity contribution in [2.45, 2.75) is 19.8 Å². The van der Waals surface area contributed by atoms with Crippen LogP contribution in [0, 0.1) is 12.8 Å². The van der Waals surface area contributed by atoms with Crippen LogP contribution in [0.1, 0.15) is 19.8 Å². The third kappa shape index (κ3) is 2.49. The molecule has 2 heteroatoms. The Morgan fingerprint density at radius 1 is 1.78 bits per heavy atom. The van der Waals surface area contributed by atoms with Crippen molar-refractivity contribution in [3.63, 3.8) is 0 Å². The average molecular weight is 129 g/mol. The van der Waals surface area contributed by atoms with Crippen molar-refractivity contribution in [3.05, 3.63) is 6.92 Å². The van der Waals surface area contributed by atoms with Gasteiger partial charge in [-0.3, -0.25) is 4.79 Å². The van der Waals surface area contributed by atoms with Crippen LogP contribution in [-0.4, -0.2) is 13.1 Å². The summed E-state index contributed by atoms with van der Waals surface area (Å²) < 4.78 is 4.52. The maximum Gasteiger partial charge on any atom is 0.308 e. The lowest BCUT2D eigenvalue weighted by Gasteiger charge is -2.07. The normalized spacial score (nSPS) is 9.78. The van der Waals surface area contributed by atoms with Crippen molar-refractivity contribution in [2.75, 3.05) is 7.11 Å². The number of carbonyl (C=O) groups is 1. The summed E-state index contributed by atoms with van der Waals surface area (Å²) in [4.78, 5) is 10.7. The Morgan fingerprint density at radius 3 is 2.44 bits per heavy atom. The van der Waals surface area contributed by atoms with Crippen LogP contribution in [0.4, 0.5) is 0 Å². The average Bonchev–Trinajstić information content (AvgIpc) is 1.90. The van der Waals surface area contributed by atoms with E-state index in [0.717, 1.165) is 6.42 Å². The highest BCUT2D eigenvalue weighted by atomic mass is 16.5. The number of hydrogen-bond donors (Lipinski definition) is 0. The number of hydrogen-bond acceptors (Lipinski definition) is 2. The molecule has 0 aliphatic rings. The van der Waals surface area contributed by atoms with Crippen LogP contribution >= 0.6 is 0 Å². The highest BCUT2D eigenvalue weighted by Gasteiger charge is 2.12. The smallest absolute Gasteiger partial charge is 0.308 e. The zero-order chi connectivity index (χ0) is 7.28. The van der Waals surface area contributed by atoms with Crippen LogP contribution in [0.5, 0.6) is 0 Å². The van der Waals surface area contributed by atoms with Crippen LogP contribution in [0.2, 0.25) is 0 Å². The van der Waals surface area contributed by atoms with Crippen LogP contribution in [0.3, 0.4) is 0 Å². The van der Waals surface area contributed by atoms with Crippen LogP contribution < -0.4 is 0 Å². The monoisotopic (exact) mass is 129 g/mol. The first-order valence-electron chi connectivity index (χ1n) is 3.13. The van der Waals surface area contributed by atoms with Crippen LogP contribution in [-0.2, 0) is 9.53 Å². The molecule has 9 heavy (non-hydrogen) atoms. The summed E-state index contributed by atoms with van der Waals surface area (Å²) in [6, 6.07) is 0. The largest absolute Gasteiger partial charge is 0.469 e. The van der Waals surface area contributed by atoms with Crippen molar-refractivity contribution in [1.29, 1.82) is 0 Å². The quantitative estimate of drug-likeness (QED) is 0.538. The minimum absolute atomic E-state index is 0.00463. The first-order chi connectivity index (χ1) is 4.26. The molecule has 0 aromatic rings. The van der Waals surface area contributed by atoms with E-state index in [1.54, 1.807) is 0 Å². The van der Waals surface area contributed by atoms with Gasteiger partial charge in [-0.2, -0.15) is 0 Å². The molecule has 1 radical (unpaired) electrons. The lowest BCUT2D eigenvalue weighted by atomic mass is 10.0. The third-order valence-electron chi connectivity index (χ3n) is 1.38. The van der Waals surface area contributed by atoms with Crippen LogP contribution in [0.25, 0.3) is 0 Å². The molecule has 0 rings (SSSR count). The van der Waals surface area contributed by atoms with Crippen molar-refractivity contribution >= 4 is 5.97 Å². The van der Waals surface area contributed by atoms with E-state index in [-0.39, 0.29) is 11.9 Å². The maximum atomic E-state index is 10.7. The summed E-state index contributed by atoms with van der Waals surface area (Å²) in [5.74, 6) is -0.150. The molecule has 0 fully saturated rings. The Morgan fingerprint density at radius 2 is 2.33 bits per heavy atom. The second-order valence-electron chi connectivity index (χ2n) is 1.92. The molecule has 0 aliphatic carbocycles. The van der Waals surface area contributed by atoms with E-state index in [9.17, 15) is 4.79 Å². The van der Waals surface area contributed by atoms with E-state index >= 15 is 0 Å². The van der Waals surface area contributed by atoms with Gasteiger partial charge in [-0.15, -0.1) is 0 Å². The highest BCUT2D eigenvalue weighted by Crippen LogP contribution is 2.07. The second kappa shape index (κ2) is 4.36. The number of ether oxygens (including phenoxy) is 1. The molecule has 0 heterocycles. The summed E-state index contributed by atoms with van der Waals surface area (Å²) in [6.45, 7) is 5.58. The summed E-state index contributed by atoms with van der Waals surface area (Å²) >= 11 is 0. The third-order valence-corrected chi connectivity index (χ3v) is 1.38. The molecule has 0 aromatic heterocycles. The molecular formula is C7H13O2. The van der Waals surface area contributed by atoms with Gasteiger partial charge in [-0.05, 0) is 12.8 Å². The van der Waals surface area contributed by atoms with Crippen molar-refractivity contribution in [3.8, 4) is 0 Å². The molecule has 0 aromatic carbocycles. The molecule has 0 amide bonds. The Kier molecular flexibility index (Phi) is 4.10. The SMILES string of the molecule is [CH2]CC(CC)C(=O)OC. The van der Waals surface area contributed by atoms with E-state index in [2.05, 4.69) is 11.7 Å². The number of methoxy groups -OCH3 is 1. The molecule has 1 atom stereocenters. The number of rotatable bonds is 3. The fourth-order valence-corrected chi connectivity index (χ4v) is 0.655. The summed E-state index contributed by atoms with van der Waals surface area (Å²) in [7, 11) is 1.40. The minimum Gasteiger partial charge on any atom is -0.469 e. The van der Waals surface area contributed by atoms with Crippen LogP contribution in [0.15, 0.2) is 0 Å². The predicted octanol–water partition coefficient (Wildman–Crippen LogP) is 1.41. The van der Waals surface area contributed by atoms with Crippen molar-refractivity contribution < 1.29 is 9.53 Å². The van der Waals surface area contributed by atoms with Gasteiger partial charge in [-0.1, -0.05) is 13.8 Å². The Balaban J connectivity index is 3.64. The topological polar surface area (TPSA) is 26.3 Å². The fourth-order valence-electron chi connectivity index (χ4n) is 0.655. The van der Waals surface area contributed by atoms with E-state index in [1.165, 1.54) is 7.11 Å². The Labute approximate surface area is 56.2 Å². The standard InChI is InChI=1S/C7H13O2/c1-4-6(5-2)7(8)9-3/h6H,1,4-5H2,2-3H3. The molecule has 0 N–H and O–H groups in total. The summed E-state index contributed by atoms with van der Waals surface area (Å²) in [6.07, 6.45) is 1.44. The molecule has 2 nitrogen and oxygen atoms in total. The molecule has 1 unspecified atom stereocenters. The van der Waals surface area contributed by atoms with Crippen molar-refractivity contribution in [2.24, 2.45) is 5.92 Å². The van der Waals surface area contributed by atoms with Gasteiger partial charge in [0.25, 0.3) is 0 Å². The fraction of sp³-hybridized carbons (Fsp3) is 0.714. The van der Waals surface area contributed by atoms with E-state index in [1.807, 2.05) is 6.92 Å². The van der Waals surface area contributed by atoms with E-state index in [4.69, 9.17) is 0 Å². The highest BCUT2D eigenvalue weighted by molar-refractivity contribution is 5.72. The minimum atomic E-state index is -0.146. The lowest BCUT2D eigenvalue weighted by Crippen LogP contribution is -2.13. The van der Waals surface area contributed by atoms with Gasteiger partial charge in [0, 0.05) is 0 Å². The molecule has 0 spiro atoms. The van der Waals surface area contributed by atoms with Gasteiger partial charge >= 0.3 is 5.97 Å². The van der Waals surface area contributed by atoms with Crippen molar-refractivity contribution in [1.82, 2.24) is 0 Å². The molecular weight excluding hydrogens is 116 g/mol. The number of carbonyl (C=O) groups excluding carboxylic acids is 1.